The first-order valence-electron chi connectivity index (χ1n) is 10.3. The Kier molecular flexibility index (Phi) is 10.3. The number of nitrogens with one attached hydrogen (secondary N) is 2. The van der Waals surface area contributed by atoms with Gasteiger partial charge in [0, 0.05) is 43.9 Å². The Hall–Kier alpha value is -1.26. The molecule has 0 amide bonds. The Balaban J connectivity index is 0.00000300. The Morgan fingerprint density at radius 3 is 2.90 bits per heavy atom. The number of guanidine groups is 1. The van der Waals surface area contributed by atoms with Crippen LogP contribution < -0.4 is 20.1 Å². The summed E-state index contributed by atoms with van der Waals surface area (Å²) < 4.78 is 22.6. The number of hydrogen-bond acceptors (Lipinski definition) is 5. The van der Waals surface area contributed by atoms with E-state index in [0.717, 1.165) is 75.2 Å². The molecule has 0 aliphatic carbocycles. The molecule has 2 aliphatic heterocycles. The van der Waals surface area contributed by atoms with Gasteiger partial charge in [-0.25, -0.2) is 4.99 Å². The zero-order valence-electron chi connectivity index (χ0n) is 17.7. The Bertz CT molecular complexity index is 666. The maximum atomic E-state index is 5.88. The van der Waals surface area contributed by atoms with Gasteiger partial charge < -0.3 is 29.6 Å². The molecule has 0 radical (unpaired) electrons. The molecule has 2 unspecified atom stereocenters. The van der Waals surface area contributed by atoms with Crippen LogP contribution in [0.1, 0.15) is 37.8 Å². The fraction of sp³-hybridized carbons (Fsp3) is 0.667. The molecule has 2 aliphatic rings. The van der Waals surface area contributed by atoms with Gasteiger partial charge in [0.05, 0.1) is 26.4 Å². The third kappa shape index (κ3) is 7.18. The monoisotopic (exact) mass is 519 g/mol. The van der Waals surface area contributed by atoms with Crippen molar-refractivity contribution >= 4 is 29.9 Å². The lowest BCUT2D eigenvalue weighted by Crippen LogP contribution is -2.38. The second-order valence-electron chi connectivity index (χ2n) is 7.24. The molecule has 2 N–H and O–H groups in total. The summed E-state index contributed by atoms with van der Waals surface area (Å²) in [6.45, 7) is 8.56. The van der Waals surface area contributed by atoms with Crippen LogP contribution in [0.4, 0.5) is 0 Å². The van der Waals surface area contributed by atoms with E-state index in [-0.39, 0.29) is 36.2 Å². The summed E-state index contributed by atoms with van der Waals surface area (Å²) in [6.07, 6.45) is 3.33. The molecule has 8 heteroatoms. The largest absolute Gasteiger partial charge is 0.496 e. The minimum Gasteiger partial charge on any atom is -0.496 e. The highest BCUT2D eigenvalue weighted by molar-refractivity contribution is 14.0. The first-order chi connectivity index (χ1) is 13.7. The highest BCUT2D eigenvalue weighted by Gasteiger charge is 2.21. The molecule has 0 spiro atoms. The minimum atomic E-state index is 0. The highest BCUT2D eigenvalue weighted by Crippen LogP contribution is 2.35. The summed E-state index contributed by atoms with van der Waals surface area (Å²) >= 11 is 0. The van der Waals surface area contributed by atoms with Gasteiger partial charge in [0.15, 0.2) is 5.96 Å². The van der Waals surface area contributed by atoms with Crippen LogP contribution in [0, 0.1) is 0 Å². The van der Waals surface area contributed by atoms with E-state index in [0.29, 0.717) is 6.54 Å². The highest BCUT2D eigenvalue weighted by atomic mass is 127. The summed E-state index contributed by atoms with van der Waals surface area (Å²) in [6, 6.07) is 4.14. The Labute approximate surface area is 190 Å². The maximum absolute atomic E-state index is 5.88. The quantitative estimate of drug-likeness (QED) is 0.226. The fourth-order valence-electron chi connectivity index (χ4n) is 3.47. The maximum Gasteiger partial charge on any atom is 0.191 e. The predicted molar refractivity (Wildman–Crippen MR) is 125 cm³/mol. The number of rotatable bonds is 9. The van der Waals surface area contributed by atoms with Gasteiger partial charge in [0.25, 0.3) is 0 Å². The van der Waals surface area contributed by atoms with Crippen LogP contribution in [0.15, 0.2) is 17.1 Å². The van der Waals surface area contributed by atoms with Gasteiger partial charge in [-0.3, -0.25) is 0 Å². The van der Waals surface area contributed by atoms with Gasteiger partial charge in [-0.05, 0) is 38.8 Å². The molecule has 1 fully saturated rings. The Morgan fingerprint density at radius 2 is 2.17 bits per heavy atom. The normalized spacial score (nSPS) is 20.6. The SMILES string of the molecule is CCNC(=NCc1cc2c(cc1OC)CC(C)O2)NCCCOC1CCOC1.I. The van der Waals surface area contributed by atoms with Crippen molar-refractivity contribution in [3.63, 3.8) is 0 Å². The molecule has 0 aromatic heterocycles. The smallest absolute Gasteiger partial charge is 0.191 e. The summed E-state index contributed by atoms with van der Waals surface area (Å²) in [5, 5.41) is 6.66. The molecule has 1 aromatic rings. The summed E-state index contributed by atoms with van der Waals surface area (Å²) in [5.41, 5.74) is 2.23. The molecule has 0 saturated carbocycles. The van der Waals surface area contributed by atoms with Gasteiger partial charge in [-0.15, -0.1) is 24.0 Å². The van der Waals surface area contributed by atoms with Gasteiger partial charge in [-0.1, -0.05) is 0 Å². The predicted octanol–water partition coefficient (Wildman–Crippen LogP) is 2.89. The number of hydrogen-bond donors (Lipinski definition) is 2. The van der Waals surface area contributed by atoms with Gasteiger partial charge in [-0.2, -0.15) is 0 Å². The van der Waals surface area contributed by atoms with Crippen molar-refractivity contribution in [2.24, 2.45) is 4.99 Å². The molecule has 1 saturated heterocycles. The lowest BCUT2D eigenvalue weighted by Gasteiger charge is -2.14. The summed E-state index contributed by atoms with van der Waals surface area (Å²) in [5.74, 6) is 2.61. The lowest BCUT2D eigenvalue weighted by molar-refractivity contribution is 0.0420. The van der Waals surface area contributed by atoms with E-state index in [1.165, 1.54) is 5.56 Å². The molecule has 2 heterocycles. The average Bonchev–Trinajstić information content (AvgIpc) is 3.33. The van der Waals surface area contributed by atoms with Crippen molar-refractivity contribution in [1.82, 2.24) is 10.6 Å². The molecular formula is C21H34IN3O4. The van der Waals surface area contributed by atoms with Gasteiger partial charge in [0.1, 0.15) is 17.6 Å². The van der Waals surface area contributed by atoms with Crippen LogP contribution in [-0.2, 0) is 22.4 Å². The molecule has 7 nitrogen and oxygen atoms in total. The van der Waals surface area contributed by atoms with Crippen molar-refractivity contribution in [3.8, 4) is 11.5 Å². The van der Waals surface area contributed by atoms with Gasteiger partial charge >= 0.3 is 0 Å². The lowest BCUT2D eigenvalue weighted by atomic mass is 10.1. The van der Waals surface area contributed by atoms with E-state index in [1.807, 2.05) is 0 Å². The molecule has 2 atom stereocenters. The standard InChI is InChI=1S/C21H33N3O4.HI/c1-4-22-21(23-7-5-8-27-18-6-9-26-14-18)24-13-17-12-20-16(10-15(2)28-20)11-19(17)25-3;/h11-12,15,18H,4-10,13-14H2,1-3H3,(H2,22,23,24);1H. The summed E-state index contributed by atoms with van der Waals surface area (Å²) in [4.78, 5) is 4.71. The zero-order chi connectivity index (χ0) is 19.8. The van der Waals surface area contributed by atoms with Crippen molar-refractivity contribution in [1.29, 1.82) is 0 Å². The van der Waals surface area contributed by atoms with Crippen LogP contribution in [0.3, 0.4) is 0 Å². The molecule has 0 bridgehead atoms. The second kappa shape index (κ2) is 12.4. The van der Waals surface area contributed by atoms with E-state index < -0.39 is 0 Å². The molecule has 1 aromatic carbocycles. The van der Waals surface area contributed by atoms with Crippen LogP contribution in [0.2, 0.25) is 0 Å². The first kappa shape index (κ1) is 24.0. The third-order valence-electron chi connectivity index (χ3n) is 4.91. The number of ether oxygens (including phenoxy) is 4. The molecule has 164 valence electrons. The summed E-state index contributed by atoms with van der Waals surface area (Å²) in [7, 11) is 1.70. The van der Waals surface area contributed by atoms with E-state index in [9.17, 15) is 0 Å². The molecular weight excluding hydrogens is 485 g/mol. The molecule has 29 heavy (non-hydrogen) atoms. The third-order valence-corrected chi connectivity index (χ3v) is 4.91. The van der Waals surface area contributed by atoms with Crippen LogP contribution in [-0.4, -0.2) is 58.2 Å². The molecule has 3 rings (SSSR count). The number of benzene rings is 1. The van der Waals surface area contributed by atoms with E-state index >= 15 is 0 Å². The van der Waals surface area contributed by atoms with Crippen LogP contribution in [0.25, 0.3) is 0 Å². The van der Waals surface area contributed by atoms with Gasteiger partial charge in [0.2, 0.25) is 0 Å². The first-order valence-corrected chi connectivity index (χ1v) is 10.3. The number of methoxy groups -OCH3 is 1. The average molecular weight is 519 g/mol. The van der Waals surface area contributed by atoms with Crippen molar-refractivity contribution < 1.29 is 18.9 Å². The fourth-order valence-corrected chi connectivity index (χ4v) is 3.47. The second-order valence-corrected chi connectivity index (χ2v) is 7.24. The topological polar surface area (TPSA) is 73.3 Å². The van der Waals surface area contributed by atoms with Crippen molar-refractivity contribution in [2.45, 2.75) is 51.9 Å². The Morgan fingerprint density at radius 1 is 1.31 bits per heavy atom. The van der Waals surface area contributed by atoms with Crippen molar-refractivity contribution in [3.05, 3.63) is 23.3 Å². The van der Waals surface area contributed by atoms with E-state index in [1.54, 1.807) is 7.11 Å². The number of nitrogens with zero attached hydrogens (tertiary/aromatic N) is 1. The van der Waals surface area contributed by atoms with E-state index in [2.05, 4.69) is 36.6 Å². The van der Waals surface area contributed by atoms with Crippen LogP contribution >= 0.6 is 24.0 Å². The van der Waals surface area contributed by atoms with E-state index in [4.69, 9.17) is 23.9 Å². The van der Waals surface area contributed by atoms with Crippen molar-refractivity contribution in [2.75, 3.05) is 40.0 Å². The number of aliphatic imine (C=N–C) groups is 1. The number of halogens is 1. The minimum absolute atomic E-state index is 0. The zero-order valence-corrected chi connectivity index (χ0v) is 20.0. The number of fused-ring (bicyclic) bond motifs is 1. The van der Waals surface area contributed by atoms with Crippen LogP contribution in [0.5, 0.6) is 11.5 Å².